The fourth-order valence-electron chi connectivity index (χ4n) is 5.75. The second-order valence-electron chi connectivity index (χ2n) is 11.6. The number of alkyl halides is 3. The van der Waals surface area contributed by atoms with E-state index in [0.29, 0.717) is 58.4 Å². The van der Waals surface area contributed by atoms with E-state index in [1.54, 1.807) is 48.5 Å². The smallest absolute Gasteiger partial charge is 0.416 e. The molecule has 1 saturated heterocycles. The number of amides is 3. The molecule has 9 nitrogen and oxygen atoms in total. The molecule has 4 aromatic rings. The third-order valence-corrected chi connectivity index (χ3v) is 8.32. The summed E-state index contributed by atoms with van der Waals surface area (Å²) in [7, 11) is 2.04. The van der Waals surface area contributed by atoms with Gasteiger partial charge in [-0.3, -0.25) is 14.4 Å². The largest absolute Gasteiger partial charge is 0.457 e. The van der Waals surface area contributed by atoms with Crippen molar-refractivity contribution in [1.29, 1.82) is 0 Å². The highest BCUT2D eigenvalue weighted by atomic mass is 19.4. The lowest BCUT2D eigenvalue weighted by atomic mass is 10.0. The monoisotopic (exact) mass is 643 g/mol. The van der Waals surface area contributed by atoms with Crippen LogP contribution in [0.15, 0.2) is 66.7 Å². The number of ether oxygens (including phenoxy) is 1. The van der Waals surface area contributed by atoms with E-state index in [4.69, 9.17) is 4.74 Å². The predicted molar refractivity (Wildman–Crippen MR) is 173 cm³/mol. The van der Waals surface area contributed by atoms with Crippen LogP contribution in [0.4, 0.5) is 24.5 Å². The fraction of sp³-hybridized carbons (Fsp3) is 0.229. The molecule has 0 atom stereocenters. The van der Waals surface area contributed by atoms with Crippen LogP contribution in [0, 0.1) is 13.8 Å². The molecule has 2 aliphatic rings. The van der Waals surface area contributed by atoms with Crippen LogP contribution in [0.25, 0.3) is 11.6 Å². The van der Waals surface area contributed by atoms with Crippen molar-refractivity contribution in [2.75, 3.05) is 43.9 Å². The summed E-state index contributed by atoms with van der Waals surface area (Å²) >= 11 is 0. The highest BCUT2D eigenvalue weighted by Gasteiger charge is 2.31. The molecule has 3 heterocycles. The Morgan fingerprint density at radius 3 is 2.40 bits per heavy atom. The van der Waals surface area contributed by atoms with Gasteiger partial charge in [-0.25, -0.2) is 0 Å². The Kier molecular flexibility index (Phi) is 8.37. The molecule has 3 amide bonds. The highest BCUT2D eigenvalue weighted by molar-refractivity contribution is 6.35. The number of nitrogens with zero attached hydrogens (tertiary/aromatic N) is 2. The molecule has 0 radical (unpaired) electrons. The highest BCUT2D eigenvalue weighted by Crippen LogP contribution is 2.38. The van der Waals surface area contributed by atoms with Crippen LogP contribution in [0.1, 0.15) is 48.8 Å². The van der Waals surface area contributed by atoms with Gasteiger partial charge in [0.25, 0.3) is 17.7 Å². The molecule has 3 aromatic carbocycles. The third-order valence-electron chi connectivity index (χ3n) is 8.32. The first-order valence-electron chi connectivity index (χ1n) is 15.0. The Morgan fingerprint density at radius 2 is 1.66 bits per heavy atom. The van der Waals surface area contributed by atoms with Gasteiger partial charge in [-0.15, -0.1) is 0 Å². The molecule has 2 aliphatic heterocycles. The Hall–Kier alpha value is -5.36. The Bertz CT molecular complexity index is 1920. The van der Waals surface area contributed by atoms with Crippen molar-refractivity contribution in [2.24, 2.45) is 0 Å². The first-order chi connectivity index (χ1) is 22.4. The van der Waals surface area contributed by atoms with Gasteiger partial charge >= 0.3 is 6.18 Å². The zero-order chi connectivity index (χ0) is 33.5. The molecule has 0 saturated carbocycles. The van der Waals surface area contributed by atoms with Crippen LogP contribution in [0.3, 0.4) is 0 Å². The maximum absolute atomic E-state index is 13.3. The third kappa shape index (κ3) is 6.63. The Labute approximate surface area is 269 Å². The second-order valence-corrected chi connectivity index (χ2v) is 11.6. The Morgan fingerprint density at radius 1 is 0.936 bits per heavy atom. The number of likely N-dealkylation sites (N-methyl/N-ethyl adjacent to an activating group) is 1. The molecule has 3 N–H and O–H groups in total. The summed E-state index contributed by atoms with van der Waals surface area (Å²) in [5.74, 6) is -0.238. The van der Waals surface area contributed by atoms with E-state index in [2.05, 4.69) is 20.5 Å². The molecule has 6 rings (SSSR count). The lowest BCUT2D eigenvalue weighted by Gasteiger charge is -2.32. The van der Waals surface area contributed by atoms with Crippen molar-refractivity contribution >= 4 is 40.7 Å². The molecule has 47 heavy (non-hydrogen) atoms. The van der Waals surface area contributed by atoms with Crippen molar-refractivity contribution in [1.82, 2.24) is 14.8 Å². The number of aromatic amines is 1. The molecule has 242 valence electrons. The van der Waals surface area contributed by atoms with E-state index < -0.39 is 17.6 Å². The summed E-state index contributed by atoms with van der Waals surface area (Å²) in [5.41, 5.74) is 3.76. The number of benzene rings is 3. The topological polar surface area (TPSA) is 107 Å². The van der Waals surface area contributed by atoms with E-state index in [1.165, 1.54) is 12.1 Å². The molecule has 0 aliphatic carbocycles. The zero-order valence-electron chi connectivity index (χ0n) is 25.9. The quantitative estimate of drug-likeness (QED) is 0.206. The number of nitrogens with one attached hydrogen (secondary N) is 3. The summed E-state index contributed by atoms with van der Waals surface area (Å²) in [6, 6.07) is 15.7. The number of H-pyrrole nitrogens is 1. The number of hydrogen-bond acceptors (Lipinski definition) is 5. The van der Waals surface area contributed by atoms with Crippen LogP contribution in [-0.2, 0) is 11.0 Å². The average Bonchev–Trinajstić information content (AvgIpc) is 3.49. The normalized spacial score (nSPS) is 15.8. The number of aromatic nitrogens is 1. The van der Waals surface area contributed by atoms with Crippen molar-refractivity contribution in [2.45, 2.75) is 20.0 Å². The van der Waals surface area contributed by atoms with Gasteiger partial charge in [-0.1, -0.05) is 12.1 Å². The number of hydrogen-bond donors (Lipinski definition) is 3. The van der Waals surface area contributed by atoms with E-state index in [9.17, 15) is 27.6 Å². The first-order valence-corrected chi connectivity index (χ1v) is 15.0. The summed E-state index contributed by atoms with van der Waals surface area (Å²) in [5, 5.41) is 5.46. The second kappa shape index (κ2) is 12.4. The van der Waals surface area contributed by atoms with Crippen LogP contribution >= 0.6 is 0 Å². The number of fused-ring (bicyclic) bond motifs is 1. The predicted octanol–water partition coefficient (Wildman–Crippen LogP) is 6.58. The minimum Gasteiger partial charge on any atom is -0.457 e. The average molecular weight is 644 g/mol. The van der Waals surface area contributed by atoms with Crippen LogP contribution in [-0.4, -0.2) is 65.7 Å². The number of anilines is 2. The number of aryl methyl sites for hydroxylation is 1. The minimum absolute atomic E-state index is 0.0219. The molecular formula is C35H32F3N5O4. The van der Waals surface area contributed by atoms with Crippen LogP contribution in [0.2, 0.25) is 0 Å². The maximum atomic E-state index is 13.3. The van der Waals surface area contributed by atoms with Gasteiger partial charge in [0.15, 0.2) is 0 Å². The minimum atomic E-state index is -4.57. The van der Waals surface area contributed by atoms with E-state index >= 15 is 0 Å². The van der Waals surface area contributed by atoms with E-state index in [1.807, 2.05) is 25.8 Å². The van der Waals surface area contributed by atoms with Crippen molar-refractivity contribution in [3.63, 3.8) is 0 Å². The van der Waals surface area contributed by atoms with Gasteiger partial charge in [0.1, 0.15) is 11.5 Å². The summed E-state index contributed by atoms with van der Waals surface area (Å²) in [6.45, 7) is 6.69. The summed E-state index contributed by atoms with van der Waals surface area (Å²) in [6.07, 6.45) is -2.81. The molecule has 0 unspecified atom stereocenters. The van der Waals surface area contributed by atoms with Gasteiger partial charge in [0, 0.05) is 66.5 Å². The van der Waals surface area contributed by atoms with E-state index in [0.717, 1.165) is 36.5 Å². The fourth-order valence-corrected chi connectivity index (χ4v) is 5.75. The molecule has 12 heteroatoms. The van der Waals surface area contributed by atoms with Gasteiger partial charge in [0.05, 0.1) is 22.4 Å². The number of carbonyl (C=O) groups is 3. The summed E-state index contributed by atoms with van der Waals surface area (Å²) < 4.78 is 45.2. The van der Waals surface area contributed by atoms with E-state index in [-0.39, 0.29) is 17.4 Å². The zero-order valence-corrected chi connectivity index (χ0v) is 25.9. The summed E-state index contributed by atoms with van der Waals surface area (Å²) in [4.78, 5) is 46.4. The van der Waals surface area contributed by atoms with Gasteiger partial charge < -0.3 is 30.2 Å². The van der Waals surface area contributed by atoms with Crippen molar-refractivity contribution in [3.05, 3.63) is 106 Å². The molecule has 1 aromatic heterocycles. The first kappa shape index (κ1) is 31.6. The Balaban J connectivity index is 1.17. The molecule has 0 spiro atoms. The van der Waals surface area contributed by atoms with Crippen LogP contribution < -0.4 is 15.4 Å². The molecular weight excluding hydrogens is 611 g/mol. The standard InChI is InChI=1S/C35H32F3N5O4/c1-20-29(39-21(2)31(20)34(46)43-14-12-42(3)13-15-43)19-28-27-11-10-26(18-30(27)41-33(28)45)47-25-9-5-8-24(17-25)40-32(44)22-6-4-7-23(16-22)35(36,37)38/h4-11,16-19,39H,12-15H2,1-3H3,(H,40,44)(H,41,45)/b28-19-. The van der Waals surface area contributed by atoms with Crippen molar-refractivity contribution in [3.8, 4) is 11.5 Å². The molecule has 0 bridgehead atoms. The number of halogens is 3. The SMILES string of the molecule is Cc1[nH]c(/C=C2\C(=O)Nc3cc(Oc4cccc(NC(=O)c5cccc(C(F)(F)F)c5)c4)ccc32)c(C)c1C(=O)N1CCN(C)CC1. The number of piperazine rings is 1. The van der Waals surface area contributed by atoms with Gasteiger partial charge in [-0.05, 0) is 75.0 Å². The number of carbonyl (C=O) groups excluding carboxylic acids is 3. The maximum Gasteiger partial charge on any atom is 0.416 e. The lowest BCUT2D eigenvalue weighted by Crippen LogP contribution is -2.47. The number of rotatable bonds is 6. The van der Waals surface area contributed by atoms with Crippen LogP contribution in [0.5, 0.6) is 11.5 Å². The molecule has 1 fully saturated rings. The lowest BCUT2D eigenvalue weighted by molar-refractivity contribution is -0.137. The van der Waals surface area contributed by atoms with Gasteiger partial charge in [0.2, 0.25) is 0 Å². The van der Waals surface area contributed by atoms with Crippen molar-refractivity contribution < 1.29 is 32.3 Å². The van der Waals surface area contributed by atoms with Gasteiger partial charge in [-0.2, -0.15) is 13.2 Å².